The van der Waals surface area contributed by atoms with Crippen molar-refractivity contribution in [1.29, 1.82) is 0 Å². The zero-order valence-corrected chi connectivity index (χ0v) is 12.6. The highest BCUT2D eigenvalue weighted by Gasteiger charge is 2.30. The summed E-state index contributed by atoms with van der Waals surface area (Å²) in [5.41, 5.74) is 0. The Morgan fingerprint density at radius 3 is 2.65 bits per heavy atom. The summed E-state index contributed by atoms with van der Waals surface area (Å²) in [6.45, 7) is 4.99. The van der Waals surface area contributed by atoms with Crippen molar-refractivity contribution >= 4 is 15.8 Å². The van der Waals surface area contributed by atoms with Gasteiger partial charge in [0, 0.05) is 25.8 Å². The maximum absolute atomic E-state index is 12.3. The molecule has 2 unspecified atom stereocenters. The summed E-state index contributed by atoms with van der Waals surface area (Å²) in [5, 5.41) is 3.01. The third-order valence-electron chi connectivity index (χ3n) is 3.11. The fourth-order valence-corrected chi connectivity index (χ4v) is 3.75. The topological polar surface area (TPSA) is 71.5 Å². The number of sulfonamides is 1. The third-order valence-corrected chi connectivity index (χ3v) is 4.92. The summed E-state index contributed by atoms with van der Waals surface area (Å²) in [6.07, 6.45) is 1.55. The highest BCUT2D eigenvalue weighted by atomic mass is 32.2. The fourth-order valence-electron chi connectivity index (χ4n) is 2.26. The first-order valence-electron chi connectivity index (χ1n) is 6.75. The molecule has 0 amide bonds. The van der Waals surface area contributed by atoms with Crippen LogP contribution < -0.4 is 5.32 Å². The first-order chi connectivity index (χ1) is 9.47. The lowest BCUT2D eigenvalue weighted by Gasteiger charge is -2.34. The number of pyridine rings is 1. The smallest absolute Gasteiger partial charge is 0.216 e. The normalized spacial score (nSPS) is 24.5. The maximum Gasteiger partial charge on any atom is 0.216 e. The minimum absolute atomic E-state index is 0.0581. The van der Waals surface area contributed by atoms with Crippen LogP contribution in [0, 0.1) is 0 Å². The number of rotatable bonds is 5. The molecule has 0 bridgehead atoms. The van der Waals surface area contributed by atoms with E-state index in [4.69, 9.17) is 4.74 Å². The van der Waals surface area contributed by atoms with Crippen LogP contribution in [0.25, 0.3) is 0 Å². The molecule has 1 aromatic heterocycles. The Bertz CT molecular complexity index is 511. The van der Waals surface area contributed by atoms with Crippen molar-refractivity contribution in [3.8, 4) is 0 Å². The molecule has 0 aromatic carbocycles. The van der Waals surface area contributed by atoms with Crippen molar-refractivity contribution in [2.24, 2.45) is 0 Å². The maximum atomic E-state index is 12.3. The predicted molar refractivity (Wildman–Crippen MR) is 78.1 cm³/mol. The van der Waals surface area contributed by atoms with Gasteiger partial charge in [-0.15, -0.1) is 0 Å². The average Bonchev–Trinajstić information content (AvgIpc) is 2.38. The molecular formula is C13H21N3O3S. The van der Waals surface area contributed by atoms with Gasteiger partial charge in [-0.05, 0) is 26.0 Å². The van der Waals surface area contributed by atoms with Gasteiger partial charge in [0.25, 0.3) is 0 Å². The second-order valence-electron chi connectivity index (χ2n) is 5.03. The Kier molecular flexibility index (Phi) is 4.95. The van der Waals surface area contributed by atoms with Gasteiger partial charge in [-0.2, -0.15) is 4.31 Å². The van der Waals surface area contributed by atoms with Crippen LogP contribution in [-0.2, 0) is 14.8 Å². The van der Waals surface area contributed by atoms with Crippen molar-refractivity contribution in [2.45, 2.75) is 26.1 Å². The molecule has 112 valence electrons. The number of hydrogen-bond acceptors (Lipinski definition) is 5. The van der Waals surface area contributed by atoms with Crippen molar-refractivity contribution in [2.75, 3.05) is 30.7 Å². The Morgan fingerprint density at radius 1 is 1.35 bits per heavy atom. The van der Waals surface area contributed by atoms with Crippen LogP contribution in [0.4, 0.5) is 5.82 Å². The SMILES string of the molecule is CC1CN(S(=O)(=O)CCNc2ccccn2)CC(C)O1. The summed E-state index contributed by atoms with van der Waals surface area (Å²) >= 11 is 0. The zero-order chi connectivity index (χ0) is 14.6. The molecule has 0 saturated carbocycles. The van der Waals surface area contributed by atoms with Gasteiger partial charge in [0.15, 0.2) is 0 Å². The molecule has 0 radical (unpaired) electrons. The lowest BCUT2D eigenvalue weighted by molar-refractivity contribution is -0.0440. The van der Waals surface area contributed by atoms with Crippen LogP contribution in [0.15, 0.2) is 24.4 Å². The number of morpholine rings is 1. The standard InChI is InChI=1S/C13H21N3O3S/c1-11-9-16(10-12(2)19-11)20(17,18)8-7-15-13-5-3-4-6-14-13/h3-6,11-12H,7-10H2,1-2H3,(H,14,15). The van der Waals surface area contributed by atoms with Gasteiger partial charge in [-0.1, -0.05) is 6.07 Å². The van der Waals surface area contributed by atoms with E-state index in [0.29, 0.717) is 25.5 Å². The Balaban J connectivity index is 1.87. The average molecular weight is 299 g/mol. The third kappa shape index (κ3) is 4.16. The molecule has 0 spiro atoms. The predicted octanol–water partition coefficient (Wildman–Crippen LogP) is 0.932. The van der Waals surface area contributed by atoms with Crippen LogP contribution in [0.2, 0.25) is 0 Å². The Labute approximate surface area is 120 Å². The molecule has 20 heavy (non-hydrogen) atoms. The second kappa shape index (κ2) is 6.51. The first-order valence-corrected chi connectivity index (χ1v) is 8.36. The van der Waals surface area contributed by atoms with E-state index in [1.54, 1.807) is 6.20 Å². The number of nitrogens with one attached hydrogen (secondary N) is 1. The summed E-state index contributed by atoms with van der Waals surface area (Å²) in [6, 6.07) is 5.49. The molecular weight excluding hydrogens is 278 g/mol. The minimum atomic E-state index is -3.26. The summed E-state index contributed by atoms with van der Waals surface area (Å²) in [5.74, 6) is 0.745. The van der Waals surface area contributed by atoms with Gasteiger partial charge in [0.05, 0.1) is 18.0 Å². The van der Waals surface area contributed by atoms with Gasteiger partial charge < -0.3 is 10.1 Å². The monoisotopic (exact) mass is 299 g/mol. The molecule has 1 aliphatic rings. The van der Waals surface area contributed by atoms with E-state index in [9.17, 15) is 8.42 Å². The van der Waals surface area contributed by atoms with Crippen LogP contribution in [0.3, 0.4) is 0 Å². The van der Waals surface area contributed by atoms with Gasteiger partial charge >= 0.3 is 0 Å². The second-order valence-corrected chi connectivity index (χ2v) is 7.12. The number of hydrogen-bond donors (Lipinski definition) is 1. The van der Waals surface area contributed by atoms with E-state index in [2.05, 4.69) is 10.3 Å². The highest BCUT2D eigenvalue weighted by Crippen LogP contribution is 2.14. The van der Waals surface area contributed by atoms with E-state index in [-0.39, 0.29) is 18.0 Å². The van der Waals surface area contributed by atoms with Crippen molar-refractivity contribution in [3.63, 3.8) is 0 Å². The van der Waals surface area contributed by atoms with Crippen molar-refractivity contribution in [1.82, 2.24) is 9.29 Å². The van der Waals surface area contributed by atoms with Crippen LogP contribution in [-0.4, -0.2) is 55.3 Å². The number of ether oxygens (including phenoxy) is 1. The van der Waals surface area contributed by atoms with E-state index in [1.165, 1.54) is 4.31 Å². The molecule has 1 fully saturated rings. The largest absolute Gasteiger partial charge is 0.373 e. The minimum Gasteiger partial charge on any atom is -0.373 e. The Morgan fingerprint density at radius 2 is 2.05 bits per heavy atom. The number of aromatic nitrogens is 1. The van der Waals surface area contributed by atoms with E-state index < -0.39 is 10.0 Å². The van der Waals surface area contributed by atoms with E-state index >= 15 is 0 Å². The molecule has 2 heterocycles. The first kappa shape index (κ1) is 15.2. The fraction of sp³-hybridized carbons (Fsp3) is 0.615. The lowest BCUT2D eigenvalue weighted by Crippen LogP contribution is -2.49. The van der Waals surface area contributed by atoms with E-state index in [0.717, 1.165) is 0 Å². The molecule has 0 aliphatic carbocycles. The number of nitrogens with zero attached hydrogens (tertiary/aromatic N) is 2. The summed E-state index contributed by atoms with van der Waals surface area (Å²) in [4.78, 5) is 4.10. The molecule has 1 saturated heterocycles. The van der Waals surface area contributed by atoms with Crippen LogP contribution in [0.5, 0.6) is 0 Å². The van der Waals surface area contributed by atoms with E-state index in [1.807, 2.05) is 32.0 Å². The zero-order valence-electron chi connectivity index (χ0n) is 11.8. The molecule has 6 nitrogen and oxygen atoms in total. The lowest BCUT2D eigenvalue weighted by atomic mass is 10.3. The summed E-state index contributed by atoms with van der Waals surface area (Å²) in [7, 11) is -3.26. The molecule has 1 N–H and O–H groups in total. The number of anilines is 1. The summed E-state index contributed by atoms with van der Waals surface area (Å²) < 4.78 is 31.6. The molecule has 2 rings (SSSR count). The highest BCUT2D eigenvalue weighted by molar-refractivity contribution is 7.89. The van der Waals surface area contributed by atoms with Crippen LogP contribution >= 0.6 is 0 Å². The van der Waals surface area contributed by atoms with Gasteiger partial charge in [0.2, 0.25) is 10.0 Å². The molecule has 7 heteroatoms. The Hall–Kier alpha value is -1.18. The quantitative estimate of drug-likeness (QED) is 0.876. The van der Waals surface area contributed by atoms with Gasteiger partial charge in [-0.3, -0.25) is 0 Å². The van der Waals surface area contributed by atoms with Crippen LogP contribution in [0.1, 0.15) is 13.8 Å². The molecule has 1 aromatic rings. The van der Waals surface area contributed by atoms with Gasteiger partial charge in [0.1, 0.15) is 5.82 Å². The molecule has 1 aliphatic heterocycles. The van der Waals surface area contributed by atoms with Gasteiger partial charge in [-0.25, -0.2) is 13.4 Å². The molecule has 2 atom stereocenters. The van der Waals surface area contributed by atoms with Crippen molar-refractivity contribution in [3.05, 3.63) is 24.4 Å². The van der Waals surface area contributed by atoms with Crippen molar-refractivity contribution < 1.29 is 13.2 Å².